The number of carbonyl (C=O) groups excluding carboxylic acids is 1. The summed E-state index contributed by atoms with van der Waals surface area (Å²) < 4.78 is 6.62. The fourth-order valence-corrected chi connectivity index (χ4v) is 3.98. The van der Waals surface area contributed by atoms with Gasteiger partial charge in [-0.25, -0.2) is 0 Å². The maximum atomic E-state index is 13.0. The topological polar surface area (TPSA) is 66.8 Å². The number of halogens is 2. The normalized spacial score (nSPS) is 20.7. The van der Waals surface area contributed by atoms with E-state index in [0.717, 1.165) is 5.56 Å². The summed E-state index contributed by atoms with van der Waals surface area (Å²) >= 11 is 6.47. The minimum atomic E-state index is -0.791. The molecule has 0 fully saturated rings. The molecule has 0 radical (unpaired) electrons. The Morgan fingerprint density at radius 3 is 2.43 bits per heavy atom. The molecule has 0 amide bonds. The van der Waals surface area contributed by atoms with Crippen LogP contribution >= 0.6 is 31.9 Å². The average Bonchev–Trinajstić information content (AvgIpc) is 2.91. The number of phenols is 1. The van der Waals surface area contributed by atoms with Crippen molar-refractivity contribution < 1.29 is 19.7 Å². The molecule has 2 N–H and O–H groups in total. The maximum Gasteiger partial charge on any atom is 0.174 e. The molecule has 0 aliphatic carbocycles. The Balaban J connectivity index is 2.06. The number of aromatic hydroxyl groups is 1. The quantitative estimate of drug-likeness (QED) is 0.705. The van der Waals surface area contributed by atoms with E-state index < -0.39 is 18.1 Å². The number of benzene rings is 2. The van der Waals surface area contributed by atoms with Crippen molar-refractivity contribution in [3.63, 3.8) is 0 Å². The number of aliphatic hydroxyl groups excluding tert-OH is 1. The molecule has 23 heavy (non-hydrogen) atoms. The summed E-state index contributed by atoms with van der Waals surface area (Å²) in [7, 11) is 0. The average molecular weight is 442 g/mol. The number of rotatable bonds is 3. The molecule has 3 atom stereocenters. The third-order valence-electron chi connectivity index (χ3n) is 3.90. The minimum absolute atomic E-state index is 0.0386. The molecule has 2 aromatic rings. The molecule has 0 aromatic heterocycles. The number of hydrogen-bond acceptors (Lipinski definition) is 4. The van der Waals surface area contributed by atoms with E-state index in [1.54, 1.807) is 25.1 Å². The van der Waals surface area contributed by atoms with Crippen LogP contribution in [0.1, 0.15) is 28.8 Å². The van der Waals surface area contributed by atoms with Crippen molar-refractivity contribution in [2.45, 2.75) is 25.0 Å². The molecule has 3 rings (SSSR count). The van der Waals surface area contributed by atoms with E-state index in [4.69, 9.17) is 4.74 Å². The van der Waals surface area contributed by atoms with E-state index in [2.05, 4.69) is 31.9 Å². The predicted molar refractivity (Wildman–Crippen MR) is 93.1 cm³/mol. The van der Waals surface area contributed by atoms with Crippen molar-refractivity contribution in [1.82, 2.24) is 0 Å². The van der Waals surface area contributed by atoms with Gasteiger partial charge in [0.15, 0.2) is 5.78 Å². The van der Waals surface area contributed by atoms with E-state index in [9.17, 15) is 15.0 Å². The van der Waals surface area contributed by atoms with Crippen LogP contribution in [-0.2, 0) is 0 Å². The molecule has 0 bridgehead atoms. The fourth-order valence-electron chi connectivity index (χ4n) is 2.79. The molecule has 6 heteroatoms. The molecular formula is C17H14Br2O4. The molecule has 4 nitrogen and oxygen atoms in total. The fraction of sp³-hybridized carbons (Fsp3) is 0.235. The van der Waals surface area contributed by atoms with Gasteiger partial charge in [-0.1, -0.05) is 18.2 Å². The molecule has 1 aliphatic heterocycles. The Labute approximate surface area is 150 Å². The highest BCUT2D eigenvalue weighted by Crippen LogP contribution is 2.42. The van der Waals surface area contributed by atoms with E-state index in [-0.39, 0.29) is 11.5 Å². The van der Waals surface area contributed by atoms with Gasteiger partial charge < -0.3 is 14.9 Å². The molecule has 0 saturated heterocycles. The SMILES string of the molecule is CC(O)C1Oc2ccccc2C1C(=O)c1cc(Br)c(O)c(Br)c1. The lowest BCUT2D eigenvalue weighted by Crippen LogP contribution is -2.35. The van der Waals surface area contributed by atoms with E-state index in [1.165, 1.54) is 0 Å². The van der Waals surface area contributed by atoms with Crippen LogP contribution in [0.3, 0.4) is 0 Å². The van der Waals surface area contributed by atoms with Crippen LogP contribution in [0.5, 0.6) is 11.5 Å². The number of para-hydroxylation sites is 1. The van der Waals surface area contributed by atoms with Crippen LogP contribution in [0.2, 0.25) is 0 Å². The lowest BCUT2D eigenvalue weighted by molar-refractivity contribution is 0.0440. The molecule has 3 unspecified atom stereocenters. The number of aliphatic hydroxyl groups is 1. The van der Waals surface area contributed by atoms with Gasteiger partial charge in [0.2, 0.25) is 0 Å². The zero-order valence-electron chi connectivity index (χ0n) is 12.2. The molecule has 0 saturated carbocycles. The predicted octanol–water partition coefficient (Wildman–Crippen LogP) is 4.03. The molecule has 0 spiro atoms. The van der Waals surface area contributed by atoms with Crippen LogP contribution in [0.15, 0.2) is 45.3 Å². The van der Waals surface area contributed by atoms with Gasteiger partial charge in [0.05, 0.1) is 21.0 Å². The first-order valence-corrected chi connectivity index (χ1v) is 8.64. The maximum absolute atomic E-state index is 13.0. The van der Waals surface area contributed by atoms with Crippen LogP contribution in [0.4, 0.5) is 0 Å². The van der Waals surface area contributed by atoms with Gasteiger partial charge in [-0.2, -0.15) is 0 Å². The Morgan fingerprint density at radius 1 is 1.22 bits per heavy atom. The summed E-state index contributed by atoms with van der Waals surface area (Å²) in [5, 5.41) is 19.8. The second-order valence-electron chi connectivity index (χ2n) is 5.49. The molecule has 1 heterocycles. The number of ether oxygens (including phenoxy) is 1. The number of fused-ring (bicyclic) bond motifs is 1. The van der Waals surface area contributed by atoms with Gasteiger partial charge >= 0.3 is 0 Å². The highest BCUT2D eigenvalue weighted by molar-refractivity contribution is 9.11. The lowest BCUT2D eigenvalue weighted by Gasteiger charge is -2.21. The second-order valence-corrected chi connectivity index (χ2v) is 7.20. The highest BCUT2D eigenvalue weighted by Gasteiger charge is 2.42. The standard InChI is InChI=1S/C17H14Br2O4/c1-8(20)17-14(10-4-2-3-5-13(10)23-17)15(21)9-6-11(18)16(22)12(19)7-9/h2-8,14,17,20,22H,1H3. The van der Waals surface area contributed by atoms with Crippen LogP contribution < -0.4 is 4.74 Å². The minimum Gasteiger partial charge on any atom is -0.506 e. The monoisotopic (exact) mass is 440 g/mol. The lowest BCUT2D eigenvalue weighted by atomic mass is 9.86. The third-order valence-corrected chi connectivity index (χ3v) is 5.11. The van der Waals surface area contributed by atoms with Crippen molar-refractivity contribution in [1.29, 1.82) is 0 Å². The first-order chi connectivity index (χ1) is 10.9. The number of carbonyl (C=O) groups is 1. The van der Waals surface area contributed by atoms with Gasteiger partial charge in [0, 0.05) is 11.1 Å². The zero-order valence-corrected chi connectivity index (χ0v) is 15.3. The number of Topliss-reactive ketones (excluding diaryl/α,β-unsaturated/α-hetero) is 1. The van der Waals surface area contributed by atoms with Crippen molar-refractivity contribution in [2.75, 3.05) is 0 Å². The van der Waals surface area contributed by atoms with Crippen LogP contribution in [0, 0.1) is 0 Å². The number of hydrogen-bond donors (Lipinski definition) is 2. The third kappa shape index (κ3) is 2.91. The molecule has 1 aliphatic rings. The van der Waals surface area contributed by atoms with Crippen LogP contribution in [-0.4, -0.2) is 28.2 Å². The Hall–Kier alpha value is -1.37. The zero-order chi connectivity index (χ0) is 16.7. The Kier molecular flexibility index (Phi) is 4.49. The summed E-state index contributed by atoms with van der Waals surface area (Å²) in [6.07, 6.45) is -1.42. The van der Waals surface area contributed by atoms with Gasteiger partial charge in [-0.15, -0.1) is 0 Å². The second kappa shape index (κ2) is 6.26. The number of phenolic OH excluding ortho intramolecular Hbond substituents is 1. The first-order valence-electron chi connectivity index (χ1n) is 7.06. The van der Waals surface area contributed by atoms with Gasteiger partial charge in [-0.3, -0.25) is 4.79 Å². The van der Waals surface area contributed by atoms with E-state index >= 15 is 0 Å². The Morgan fingerprint density at radius 2 is 1.83 bits per heavy atom. The molecule has 120 valence electrons. The van der Waals surface area contributed by atoms with Gasteiger partial charge in [-0.05, 0) is 57.0 Å². The van der Waals surface area contributed by atoms with E-state index in [1.807, 2.05) is 18.2 Å². The van der Waals surface area contributed by atoms with E-state index in [0.29, 0.717) is 20.3 Å². The summed E-state index contributed by atoms with van der Waals surface area (Å²) in [4.78, 5) is 13.0. The Bertz CT molecular complexity index is 750. The molecule has 2 aromatic carbocycles. The van der Waals surface area contributed by atoms with Crippen molar-refractivity contribution in [3.05, 3.63) is 56.5 Å². The summed E-state index contributed by atoms with van der Waals surface area (Å²) in [6.45, 7) is 1.61. The highest BCUT2D eigenvalue weighted by atomic mass is 79.9. The summed E-state index contributed by atoms with van der Waals surface area (Å²) in [6, 6.07) is 10.4. The van der Waals surface area contributed by atoms with Crippen molar-refractivity contribution in [3.8, 4) is 11.5 Å². The van der Waals surface area contributed by atoms with Crippen molar-refractivity contribution in [2.24, 2.45) is 0 Å². The summed E-state index contributed by atoms with van der Waals surface area (Å²) in [5.41, 5.74) is 1.20. The largest absolute Gasteiger partial charge is 0.506 e. The smallest absolute Gasteiger partial charge is 0.174 e. The van der Waals surface area contributed by atoms with Gasteiger partial charge in [0.25, 0.3) is 0 Å². The van der Waals surface area contributed by atoms with Crippen LogP contribution in [0.25, 0.3) is 0 Å². The molecular weight excluding hydrogens is 428 g/mol. The first kappa shape index (κ1) is 16.5. The number of ketones is 1. The van der Waals surface area contributed by atoms with Crippen molar-refractivity contribution >= 4 is 37.6 Å². The summed E-state index contributed by atoms with van der Waals surface area (Å²) in [5.74, 6) is -0.0952. The van der Waals surface area contributed by atoms with Gasteiger partial charge in [0.1, 0.15) is 17.6 Å².